The van der Waals surface area contributed by atoms with E-state index >= 15 is 0 Å². The lowest BCUT2D eigenvalue weighted by molar-refractivity contribution is -0.113. The van der Waals surface area contributed by atoms with Gasteiger partial charge in [0.1, 0.15) is 6.29 Å². The van der Waals surface area contributed by atoms with Crippen LogP contribution in [0.4, 0.5) is 0 Å². The first-order valence-corrected chi connectivity index (χ1v) is 4.90. The van der Waals surface area contributed by atoms with E-state index in [1.165, 1.54) is 0 Å². The number of carbonyl (C=O) groups excluding carboxylic acids is 3. The molecule has 0 aromatic heterocycles. The van der Waals surface area contributed by atoms with E-state index in [0.29, 0.717) is 23.7 Å². The van der Waals surface area contributed by atoms with E-state index in [-0.39, 0.29) is 5.41 Å². The van der Waals surface area contributed by atoms with Gasteiger partial charge in [0, 0.05) is 16.5 Å². The molecule has 0 saturated carbocycles. The Morgan fingerprint density at radius 1 is 0.875 bits per heavy atom. The molecule has 1 aromatic carbocycles. The molecule has 0 spiro atoms. The number of carbonyl (C=O) groups is 3. The SMILES string of the molecule is CC(C)(C)C=O.O=Cc1ccccc1C=O. The van der Waals surface area contributed by atoms with Gasteiger partial charge in [0.05, 0.1) is 0 Å². The largest absolute Gasteiger partial charge is 0.303 e. The number of hydrogen-bond donors (Lipinski definition) is 0. The Balaban J connectivity index is 0.000000325. The van der Waals surface area contributed by atoms with Crippen molar-refractivity contribution in [3.05, 3.63) is 35.4 Å². The van der Waals surface area contributed by atoms with Crippen LogP contribution < -0.4 is 0 Å². The van der Waals surface area contributed by atoms with Crippen molar-refractivity contribution in [2.75, 3.05) is 0 Å². The molecule has 0 aliphatic rings. The summed E-state index contributed by atoms with van der Waals surface area (Å²) in [5, 5.41) is 0. The van der Waals surface area contributed by atoms with Crippen molar-refractivity contribution in [3.63, 3.8) is 0 Å². The van der Waals surface area contributed by atoms with Crippen LogP contribution in [0.15, 0.2) is 24.3 Å². The Morgan fingerprint density at radius 3 is 1.38 bits per heavy atom. The quantitative estimate of drug-likeness (QED) is 0.720. The maximum absolute atomic E-state index is 10.2. The van der Waals surface area contributed by atoms with Gasteiger partial charge in [0.25, 0.3) is 0 Å². The predicted molar refractivity (Wildman–Crippen MR) is 62.7 cm³/mol. The zero-order valence-corrected chi connectivity index (χ0v) is 9.77. The van der Waals surface area contributed by atoms with E-state index in [4.69, 9.17) is 0 Å². The second-order valence-electron chi connectivity index (χ2n) is 4.35. The van der Waals surface area contributed by atoms with Crippen molar-refractivity contribution in [3.8, 4) is 0 Å². The molecule has 0 amide bonds. The summed E-state index contributed by atoms with van der Waals surface area (Å²) in [6, 6.07) is 6.65. The molecule has 0 fully saturated rings. The molecule has 3 heteroatoms. The van der Waals surface area contributed by atoms with E-state index in [9.17, 15) is 14.4 Å². The van der Waals surface area contributed by atoms with E-state index in [1.54, 1.807) is 24.3 Å². The topological polar surface area (TPSA) is 51.2 Å². The zero-order chi connectivity index (χ0) is 12.6. The van der Waals surface area contributed by atoms with Crippen LogP contribution >= 0.6 is 0 Å². The van der Waals surface area contributed by atoms with Crippen LogP contribution in [0.25, 0.3) is 0 Å². The Hall–Kier alpha value is -1.77. The predicted octanol–water partition coefficient (Wildman–Crippen LogP) is 2.54. The third-order valence-electron chi connectivity index (χ3n) is 1.60. The van der Waals surface area contributed by atoms with E-state index < -0.39 is 0 Å². The standard InChI is InChI=1S/C8H6O2.C5H10O/c9-5-7-3-1-2-4-8(7)6-10;1-5(2,3)4-6/h1-6H;4H,1-3H3. The van der Waals surface area contributed by atoms with E-state index in [2.05, 4.69) is 0 Å². The average molecular weight is 220 g/mol. The fourth-order valence-corrected chi connectivity index (χ4v) is 0.726. The summed E-state index contributed by atoms with van der Waals surface area (Å²) in [4.78, 5) is 30.3. The van der Waals surface area contributed by atoms with Gasteiger partial charge in [-0.2, -0.15) is 0 Å². The highest BCUT2D eigenvalue weighted by molar-refractivity contribution is 5.89. The van der Waals surface area contributed by atoms with Crippen LogP contribution in [0.1, 0.15) is 41.5 Å². The normalized spacial score (nSPS) is 9.69. The lowest BCUT2D eigenvalue weighted by Crippen LogP contribution is -2.04. The van der Waals surface area contributed by atoms with Gasteiger partial charge in [-0.15, -0.1) is 0 Å². The van der Waals surface area contributed by atoms with Gasteiger partial charge in [-0.1, -0.05) is 45.0 Å². The lowest BCUT2D eigenvalue weighted by Gasteiger charge is -2.03. The molecule has 1 rings (SSSR count). The fourth-order valence-electron chi connectivity index (χ4n) is 0.726. The molecule has 0 unspecified atom stereocenters. The zero-order valence-electron chi connectivity index (χ0n) is 9.77. The van der Waals surface area contributed by atoms with Crippen molar-refractivity contribution in [2.24, 2.45) is 5.41 Å². The van der Waals surface area contributed by atoms with Crippen LogP contribution in [-0.4, -0.2) is 18.9 Å². The van der Waals surface area contributed by atoms with Crippen LogP contribution in [0.5, 0.6) is 0 Å². The minimum atomic E-state index is -0.139. The number of rotatable bonds is 2. The smallest absolute Gasteiger partial charge is 0.150 e. The maximum atomic E-state index is 10.2. The molecular formula is C13H16O3. The van der Waals surface area contributed by atoms with Crippen LogP contribution in [-0.2, 0) is 4.79 Å². The fraction of sp³-hybridized carbons (Fsp3) is 0.308. The van der Waals surface area contributed by atoms with Crippen molar-refractivity contribution >= 4 is 18.9 Å². The number of hydrogen-bond acceptors (Lipinski definition) is 3. The summed E-state index contributed by atoms with van der Waals surface area (Å²) in [7, 11) is 0. The van der Waals surface area contributed by atoms with Gasteiger partial charge in [0.2, 0.25) is 0 Å². The molecular weight excluding hydrogens is 204 g/mol. The Kier molecular flexibility index (Phi) is 5.93. The molecule has 0 aliphatic carbocycles. The summed E-state index contributed by atoms with van der Waals surface area (Å²) >= 11 is 0. The van der Waals surface area contributed by atoms with Gasteiger partial charge < -0.3 is 4.79 Å². The monoisotopic (exact) mass is 220 g/mol. The van der Waals surface area contributed by atoms with Gasteiger partial charge in [-0.05, 0) is 0 Å². The molecule has 0 atom stereocenters. The average Bonchev–Trinajstić information content (AvgIpc) is 2.28. The first-order valence-electron chi connectivity index (χ1n) is 4.90. The van der Waals surface area contributed by atoms with Crippen molar-refractivity contribution in [2.45, 2.75) is 20.8 Å². The molecule has 1 aromatic rings. The molecule has 0 saturated heterocycles. The second-order valence-corrected chi connectivity index (χ2v) is 4.35. The Morgan fingerprint density at radius 2 is 1.19 bits per heavy atom. The minimum absolute atomic E-state index is 0.139. The van der Waals surface area contributed by atoms with Crippen LogP contribution in [0.2, 0.25) is 0 Å². The molecule has 3 nitrogen and oxygen atoms in total. The molecule has 0 heterocycles. The Bertz CT molecular complexity index is 335. The van der Waals surface area contributed by atoms with Gasteiger partial charge in [-0.25, -0.2) is 0 Å². The van der Waals surface area contributed by atoms with Crippen LogP contribution in [0.3, 0.4) is 0 Å². The molecule has 16 heavy (non-hydrogen) atoms. The summed E-state index contributed by atoms with van der Waals surface area (Å²) < 4.78 is 0. The summed E-state index contributed by atoms with van der Waals surface area (Å²) in [5.41, 5.74) is 0.745. The summed E-state index contributed by atoms with van der Waals surface area (Å²) in [5.74, 6) is 0. The highest BCUT2D eigenvalue weighted by Crippen LogP contribution is 2.05. The lowest BCUT2D eigenvalue weighted by atomic mass is 10.0. The second kappa shape index (κ2) is 6.67. The van der Waals surface area contributed by atoms with Crippen LogP contribution in [0, 0.1) is 5.41 Å². The minimum Gasteiger partial charge on any atom is -0.303 e. The van der Waals surface area contributed by atoms with Gasteiger partial charge in [-0.3, -0.25) is 9.59 Å². The van der Waals surface area contributed by atoms with E-state index in [0.717, 1.165) is 6.29 Å². The third-order valence-corrected chi connectivity index (χ3v) is 1.60. The van der Waals surface area contributed by atoms with Crippen molar-refractivity contribution in [1.82, 2.24) is 0 Å². The van der Waals surface area contributed by atoms with Gasteiger partial charge >= 0.3 is 0 Å². The molecule has 0 aliphatic heterocycles. The first-order chi connectivity index (χ1) is 7.44. The Labute approximate surface area is 95.5 Å². The molecule has 0 N–H and O–H groups in total. The molecule has 86 valence electrons. The third kappa shape index (κ3) is 5.86. The summed E-state index contributed by atoms with van der Waals surface area (Å²) in [6.07, 6.45) is 2.28. The summed E-state index contributed by atoms with van der Waals surface area (Å²) in [6.45, 7) is 5.62. The van der Waals surface area contributed by atoms with Gasteiger partial charge in [0.15, 0.2) is 12.6 Å². The number of benzene rings is 1. The highest BCUT2D eigenvalue weighted by atomic mass is 16.1. The molecule has 0 bridgehead atoms. The van der Waals surface area contributed by atoms with Crippen molar-refractivity contribution < 1.29 is 14.4 Å². The first kappa shape index (κ1) is 14.2. The van der Waals surface area contributed by atoms with E-state index in [1.807, 2.05) is 20.8 Å². The maximum Gasteiger partial charge on any atom is 0.150 e. The van der Waals surface area contributed by atoms with Crippen molar-refractivity contribution in [1.29, 1.82) is 0 Å². The number of aldehydes is 3. The molecule has 0 radical (unpaired) electrons. The highest BCUT2D eigenvalue weighted by Gasteiger charge is 2.04.